The predicted molar refractivity (Wildman–Crippen MR) is 64.5 cm³/mol. The average molecular weight is 223 g/mol. The Morgan fingerprint density at radius 3 is 2.93 bits per heavy atom. The molecule has 80 valence electrons. The van der Waals surface area contributed by atoms with Crippen molar-refractivity contribution in [2.24, 2.45) is 15.6 Å². The number of quaternary nitrogens is 1. The van der Waals surface area contributed by atoms with Crippen LogP contribution in [0.15, 0.2) is 33.5 Å². The lowest BCUT2D eigenvalue weighted by Crippen LogP contribution is -3.08. The Morgan fingerprint density at radius 2 is 2.27 bits per heavy atom. The van der Waals surface area contributed by atoms with E-state index in [1.165, 1.54) is 0 Å². The van der Waals surface area contributed by atoms with Gasteiger partial charge in [0, 0.05) is 23.6 Å². The second kappa shape index (κ2) is 3.92. The van der Waals surface area contributed by atoms with Crippen molar-refractivity contribution >= 4 is 23.9 Å². The first-order valence-electron chi connectivity index (χ1n) is 4.87. The molecule has 2 rings (SSSR count). The topological polar surface area (TPSA) is 41.2 Å². The molecule has 2 heterocycles. The van der Waals surface area contributed by atoms with Crippen LogP contribution < -0.4 is 9.84 Å². The highest BCUT2D eigenvalue weighted by atomic mass is 32.2. The van der Waals surface area contributed by atoms with Crippen molar-refractivity contribution in [3.05, 3.63) is 23.3 Å². The summed E-state index contributed by atoms with van der Waals surface area (Å²) in [5.74, 6) is 0. The fourth-order valence-electron chi connectivity index (χ4n) is 1.26. The summed E-state index contributed by atoms with van der Waals surface area (Å²) in [4.78, 5) is 4.31. The van der Waals surface area contributed by atoms with Gasteiger partial charge in [-0.15, -0.1) is 4.83 Å². The Hall–Kier alpha value is -0.910. The van der Waals surface area contributed by atoms with Gasteiger partial charge in [0.15, 0.2) is 0 Å². The molecule has 2 N–H and O–H groups in total. The lowest BCUT2D eigenvalue weighted by Gasteiger charge is -2.09. The van der Waals surface area contributed by atoms with Gasteiger partial charge in [-0.25, -0.2) is 5.01 Å². The number of nitrogens with zero attached hydrogens (tertiary/aromatic N) is 2. The molecule has 0 aromatic rings. The van der Waals surface area contributed by atoms with Gasteiger partial charge in [-0.2, -0.15) is 10.2 Å². The Bertz CT molecular complexity index is 379. The molecule has 0 saturated carbocycles. The highest BCUT2D eigenvalue weighted by Gasteiger charge is 2.20. The lowest BCUT2D eigenvalue weighted by molar-refractivity contribution is -0.853. The smallest absolute Gasteiger partial charge is 0.132 e. The van der Waals surface area contributed by atoms with Crippen LogP contribution in [-0.2, 0) is 0 Å². The molecule has 5 heteroatoms. The van der Waals surface area contributed by atoms with Crippen molar-refractivity contribution < 1.29 is 5.01 Å². The van der Waals surface area contributed by atoms with Gasteiger partial charge in [0.2, 0.25) is 0 Å². The molecule has 0 aromatic carbocycles. The molecule has 0 saturated heterocycles. The Morgan fingerprint density at radius 1 is 1.47 bits per heavy atom. The summed E-state index contributed by atoms with van der Waals surface area (Å²) in [7, 11) is 2.04. The van der Waals surface area contributed by atoms with Gasteiger partial charge in [0.25, 0.3) is 0 Å². The summed E-state index contributed by atoms with van der Waals surface area (Å²) >= 11 is 1.58. The second-order valence-electron chi connectivity index (χ2n) is 4.28. The summed E-state index contributed by atoms with van der Waals surface area (Å²) < 4.78 is 0. The molecule has 0 aromatic heterocycles. The normalized spacial score (nSPS) is 28.6. The zero-order valence-corrected chi connectivity index (χ0v) is 9.93. The molecule has 0 spiro atoms. The molecule has 2 aliphatic heterocycles. The van der Waals surface area contributed by atoms with Gasteiger partial charge < -0.3 is 0 Å². The maximum Gasteiger partial charge on any atom is 0.132 e. The van der Waals surface area contributed by atoms with E-state index >= 15 is 0 Å². The van der Waals surface area contributed by atoms with Crippen LogP contribution in [0.5, 0.6) is 0 Å². The quantitative estimate of drug-likeness (QED) is 0.637. The lowest BCUT2D eigenvalue weighted by atomic mass is 9.95. The SMILES string of the molecule is C[NH+]1C=C(C2=NN=CC(C)(C)C=C2)SN1. The molecule has 1 atom stereocenters. The summed E-state index contributed by atoms with van der Waals surface area (Å²) in [5.41, 5.74) is 0.910. The largest absolute Gasteiger partial charge is 0.223 e. The van der Waals surface area contributed by atoms with E-state index in [0.29, 0.717) is 0 Å². The van der Waals surface area contributed by atoms with Crippen LogP contribution in [-0.4, -0.2) is 19.0 Å². The molecule has 0 amide bonds. The first-order chi connectivity index (χ1) is 7.07. The van der Waals surface area contributed by atoms with Crippen molar-refractivity contribution in [1.82, 2.24) is 4.83 Å². The molecular formula is C10H15N4S+. The minimum Gasteiger partial charge on any atom is -0.223 e. The fourth-order valence-corrected chi connectivity index (χ4v) is 2.04. The fraction of sp³-hybridized carbons (Fsp3) is 0.400. The van der Waals surface area contributed by atoms with E-state index in [2.05, 4.69) is 41.2 Å². The monoisotopic (exact) mass is 223 g/mol. The van der Waals surface area contributed by atoms with E-state index in [-0.39, 0.29) is 5.41 Å². The van der Waals surface area contributed by atoms with Gasteiger partial charge in [-0.1, -0.05) is 19.9 Å². The van der Waals surface area contributed by atoms with E-state index in [0.717, 1.165) is 15.6 Å². The highest BCUT2D eigenvalue weighted by molar-refractivity contribution is 8.02. The molecule has 0 bridgehead atoms. The summed E-state index contributed by atoms with van der Waals surface area (Å²) in [6.07, 6.45) is 8.10. The molecule has 1 unspecified atom stereocenters. The summed E-state index contributed by atoms with van der Waals surface area (Å²) in [6, 6.07) is 0. The molecular weight excluding hydrogens is 208 g/mol. The third kappa shape index (κ3) is 2.56. The average Bonchev–Trinajstić information content (AvgIpc) is 2.49. The highest BCUT2D eigenvalue weighted by Crippen LogP contribution is 2.21. The van der Waals surface area contributed by atoms with E-state index < -0.39 is 0 Å². The summed E-state index contributed by atoms with van der Waals surface area (Å²) in [5, 5.41) is 9.43. The zero-order chi connectivity index (χ0) is 10.9. The number of rotatable bonds is 1. The first kappa shape index (κ1) is 10.6. The van der Waals surface area contributed by atoms with Gasteiger partial charge in [-0.05, 0) is 6.08 Å². The van der Waals surface area contributed by atoms with Crippen LogP contribution in [0.25, 0.3) is 0 Å². The van der Waals surface area contributed by atoms with E-state index in [1.54, 1.807) is 11.9 Å². The molecule has 15 heavy (non-hydrogen) atoms. The Kier molecular flexibility index (Phi) is 2.77. The van der Waals surface area contributed by atoms with E-state index in [1.807, 2.05) is 19.3 Å². The number of allylic oxidation sites excluding steroid dienone is 3. The standard InChI is InChI=1S/C10H14N4S/c1-10(2)5-4-8(12-11-7-10)9-6-14(3)13-15-9/h4-7,13H,1-3H3/p+1. The molecule has 2 aliphatic rings. The predicted octanol–water partition coefficient (Wildman–Crippen LogP) is 0.532. The molecule has 4 nitrogen and oxygen atoms in total. The molecule has 0 fully saturated rings. The summed E-state index contributed by atoms with van der Waals surface area (Å²) in [6.45, 7) is 4.22. The Labute approximate surface area is 93.9 Å². The molecule has 0 radical (unpaired) electrons. The van der Waals surface area contributed by atoms with Crippen LogP contribution in [0.3, 0.4) is 0 Å². The second-order valence-corrected chi connectivity index (χ2v) is 5.13. The number of hydrogen-bond acceptors (Lipinski definition) is 4. The van der Waals surface area contributed by atoms with Gasteiger partial charge >= 0.3 is 0 Å². The van der Waals surface area contributed by atoms with Crippen molar-refractivity contribution in [3.8, 4) is 0 Å². The van der Waals surface area contributed by atoms with Crippen LogP contribution in [0.2, 0.25) is 0 Å². The third-order valence-electron chi connectivity index (χ3n) is 2.15. The third-order valence-corrected chi connectivity index (χ3v) is 3.12. The number of nitrogens with one attached hydrogen (secondary N) is 2. The van der Waals surface area contributed by atoms with Gasteiger partial charge in [0.1, 0.15) is 16.8 Å². The van der Waals surface area contributed by atoms with Crippen LogP contribution in [0, 0.1) is 5.41 Å². The maximum atomic E-state index is 4.19. The Balaban J connectivity index is 2.22. The van der Waals surface area contributed by atoms with Crippen molar-refractivity contribution in [2.75, 3.05) is 7.05 Å². The zero-order valence-electron chi connectivity index (χ0n) is 9.11. The molecule has 0 aliphatic carbocycles. The van der Waals surface area contributed by atoms with Gasteiger partial charge in [0.05, 0.1) is 7.05 Å². The maximum absolute atomic E-state index is 4.19. The van der Waals surface area contributed by atoms with E-state index in [4.69, 9.17) is 0 Å². The minimum absolute atomic E-state index is 0.0126. The van der Waals surface area contributed by atoms with Crippen LogP contribution in [0.1, 0.15) is 13.8 Å². The first-order valence-corrected chi connectivity index (χ1v) is 5.68. The van der Waals surface area contributed by atoms with E-state index in [9.17, 15) is 0 Å². The van der Waals surface area contributed by atoms with Crippen molar-refractivity contribution in [3.63, 3.8) is 0 Å². The van der Waals surface area contributed by atoms with Gasteiger partial charge in [-0.3, -0.25) is 0 Å². The number of hydrogen-bond donors (Lipinski definition) is 2. The van der Waals surface area contributed by atoms with Crippen LogP contribution in [0.4, 0.5) is 0 Å². The van der Waals surface area contributed by atoms with Crippen LogP contribution >= 0.6 is 11.9 Å². The minimum atomic E-state index is -0.0126. The van der Waals surface area contributed by atoms with Crippen molar-refractivity contribution in [1.29, 1.82) is 0 Å². The van der Waals surface area contributed by atoms with Crippen molar-refractivity contribution in [2.45, 2.75) is 13.8 Å².